The van der Waals surface area contributed by atoms with Gasteiger partial charge in [-0.3, -0.25) is 4.90 Å². The van der Waals surface area contributed by atoms with Crippen LogP contribution in [0, 0.1) is 5.41 Å². The standard InChI is InChI=1S/C19H36N2/c1-6-14-21(15-7-2)17-19(16-20-18(3,4)5)12-10-8-9-11-13-19/h6-7,20H,1-2,8-17H2,3-5H3. The summed E-state index contributed by atoms with van der Waals surface area (Å²) in [5, 5.41) is 3.77. The summed E-state index contributed by atoms with van der Waals surface area (Å²) in [6.45, 7) is 18.8. The van der Waals surface area contributed by atoms with Crippen LogP contribution in [0.25, 0.3) is 0 Å². The topological polar surface area (TPSA) is 15.3 Å². The van der Waals surface area contributed by atoms with Crippen molar-refractivity contribution in [2.45, 2.75) is 64.8 Å². The average molecular weight is 293 g/mol. The lowest BCUT2D eigenvalue weighted by Crippen LogP contribution is -2.49. The summed E-state index contributed by atoms with van der Waals surface area (Å²) in [5.41, 5.74) is 0.608. The zero-order chi connectivity index (χ0) is 15.8. The second-order valence-electron chi connectivity index (χ2n) is 7.79. The van der Waals surface area contributed by atoms with Crippen LogP contribution in [0.2, 0.25) is 0 Å². The van der Waals surface area contributed by atoms with Crippen LogP contribution < -0.4 is 5.32 Å². The monoisotopic (exact) mass is 292 g/mol. The minimum absolute atomic E-state index is 0.195. The molecule has 1 saturated carbocycles. The molecule has 0 saturated heterocycles. The Morgan fingerprint density at radius 3 is 1.95 bits per heavy atom. The van der Waals surface area contributed by atoms with Gasteiger partial charge in [-0.15, -0.1) is 13.2 Å². The van der Waals surface area contributed by atoms with Gasteiger partial charge in [-0.05, 0) is 39.0 Å². The molecule has 0 heterocycles. The van der Waals surface area contributed by atoms with Crippen molar-refractivity contribution in [3.05, 3.63) is 25.3 Å². The molecule has 0 aromatic carbocycles. The lowest BCUT2D eigenvalue weighted by atomic mass is 9.79. The number of nitrogens with one attached hydrogen (secondary N) is 1. The summed E-state index contributed by atoms with van der Waals surface area (Å²) in [5.74, 6) is 0. The number of hydrogen-bond donors (Lipinski definition) is 1. The normalized spacial score (nSPS) is 19.2. The highest BCUT2D eigenvalue weighted by Crippen LogP contribution is 2.36. The maximum absolute atomic E-state index is 3.91. The molecule has 0 radical (unpaired) electrons. The van der Waals surface area contributed by atoms with Crippen molar-refractivity contribution in [1.29, 1.82) is 0 Å². The van der Waals surface area contributed by atoms with Gasteiger partial charge in [-0.25, -0.2) is 0 Å². The smallest absolute Gasteiger partial charge is 0.0164 e. The molecule has 0 aromatic rings. The molecular formula is C19H36N2. The van der Waals surface area contributed by atoms with Crippen LogP contribution >= 0.6 is 0 Å². The first-order valence-electron chi connectivity index (χ1n) is 8.60. The predicted molar refractivity (Wildman–Crippen MR) is 94.7 cm³/mol. The van der Waals surface area contributed by atoms with Gasteiger partial charge < -0.3 is 5.32 Å². The molecule has 21 heavy (non-hydrogen) atoms. The van der Waals surface area contributed by atoms with Gasteiger partial charge in [0.2, 0.25) is 0 Å². The summed E-state index contributed by atoms with van der Waals surface area (Å²) >= 11 is 0. The van der Waals surface area contributed by atoms with Gasteiger partial charge in [-0.2, -0.15) is 0 Å². The van der Waals surface area contributed by atoms with Gasteiger partial charge in [0.15, 0.2) is 0 Å². The molecule has 122 valence electrons. The van der Waals surface area contributed by atoms with Crippen LogP contribution in [-0.4, -0.2) is 36.6 Å². The van der Waals surface area contributed by atoms with E-state index < -0.39 is 0 Å². The fraction of sp³-hybridized carbons (Fsp3) is 0.789. The Labute approximate surface area is 132 Å². The second kappa shape index (κ2) is 8.75. The van der Waals surface area contributed by atoms with Crippen LogP contribution in [0.3, 0.4) is 0 Å². The summed E-state index contributed by atoms with van der Waals surface area (Å²) in [7, 11) is 0. The third-order valence-corrected chi connectivity index (χ3v) is 4.49. The van der Waals surface area contributed by atoms with Crippen molar-refractivity contribution < 1.29 is 0 Å². The molecule has 1 N–H and O–H groups in total. The third-order valence-electron chi connectivity index (χ3n) is 4.49. The van der Waals surface area contributed by atoms with Crippen LogP contribution in [0.15, 0.2) is 25.3 Å². The summed E-state index contributed by atoms with van der Waals surface area (Å²) in [6, 6.07) is 0. The Morgan fingerprint density at radius 2 is 1.52 bits per heavy atom. The Hall–Kier alpha value is -0.600. The number of nitrogens with zero attached hydrogens (tertiary/aromatic N) is 1. The molecule has 1 fully saturated rings. The fourth-order valence-corrected chi connectivity index (χ4v) is 3.37. The molecule has 0 atom stereocenters. The van der Waals surface area contributed by atoms with Crippen molar-refractivity contribution in [3.63, 3.8) is 0 Å². The minimum atomic E-state index is 0.195. The molecule has 1 rings (SSSR count). The van der Waals surface area contributed by atoms with Gasteiger partial charge in [0.25, 0.3) is 0 Å². The molecule has 1 aliphatic rings. The molecule has 1 aliphatic carbocycles. The van der Waals surface area contributed by atoms with Crippen LogP contribution in [0.5, 0.6) is 0 Å². The van der Waals surface area contributed by atoms with E-state index in [1.54, 1.807) is 0 Å². The van der Waals surface area contributed by atoms with E-state index in [4.69, 9.17) is 0 Å². The van der Waals surface area contributed by atoms with Gasteiger partial charge in [0, 0.05) is 31.7 Å². The Balaban J connectivity index is 2.77. The van der Waals surface area contributed by atoms with Crippen LogP contribution in [-0.2, 0) is 0 Å². The highest BCUT2D eigenvalue weighted by molar-refractivity contribution is 4.91. The van der Waals surface area contributed by atoms with E-state index in [1.807, 2.05) is 12.2 Å². The molecule has 0 amide bonds. The number of rotatable bonds is 8. The summed E-state index contributed by atoms with van der Waals surface area (Å²) in [6.07, 6.45) is 12.3. The molecule has 0 aromatic heterocycles. The van der Waals surface area contributed by atoms with E-state index in [9.17, 15) is 0 Å². The highest BCUT2D eigenvalue weighted by atomic mass is 15.1. The Kier molecular flexibility index (Phi) is 7.69. The van der Waals surface area contributed by atoms with Crippen molar-refractivity contribution in [2.24, 2.45) is 5.41 Å². The SMILES string of the molecule is C=CCN(CC=C)CC1(CNC(C)(C)C)CCCCCC1. The maximum atomic E-state index is 3.91. The van der Waals surface area contributed by atoms with Crippen LogP contribution in [0.1, 0.15) is 59.3 Å². The van der Waals surface area contributed by atoms with Crippen molar-refractivity contribution in [1.82, 2.24) is 10.2 Å². The molecule has 0 bridgehead atoms. The molecular weight excluding hydrogens is 256 g/mol. The van der Waals surface area contributed by atoms with E-state index in [0.717, 1.165) is 26.2 Å². The Morgan fingerprint density at radius 1 is 1.00 bits per heavy atom. The zero-order valence-corrected chi connectivity index (χ0v) is 14.6. The lowest BCUT2D eigenvalue weighted by Gasteiger charge is -2.40. The van der Waals surface area contributed by atoms with Crippen LogP contribution in [0.4, 0.5) is 0 Å². The highest BCUT2D eigenvalue weighted by Gasteiger charge is 2.33. The first-order valence-corrected chi connectivity index (χ1v) is 8.60. The average Bonchev–Trinajstić information content (AvgIpc) is 2.63. The predicted octanol–water partition coefficient (Wildman–Crippen LogP) is 4.39. The van der Waals surface area contributed by atoms with Gasteiger partial charge in [0.05, 0.1) is 0 Å². The zero-order valence-electron chi connectivity index (χ0n) is 14.6. The number of hydrogen-bond acceptors (Lipinski definition) is 2. The van der Waals surface area contributed by atoms with E-state index in [-0.39, 0.29) is 5.54 Å². The largest absolute Gasteiger partial charge is 0.311 e. The van der Waals surface area contributed by atoms with E-state index >= 15 is 0 Å². The first kappa shape index (κ1) is 18.4. The molecule has 0 unspecified atom stereocenters. The summed E-state index contributed by atoms with van der Waals surface area (Å²) in [4.78, 5) is 2.50. The quantitative estimate of drug-likeness (QED) is 0.527. The maximum Gasteiger partial charge on any atom is 0.0164 e. The summed E-state index contributed by atoms with van der Waals surface area (Å²) < 4.78 is 0. The van der Waals surface area contributed by atoms with Gasteiger partial charge >= 0.3 is 0 Å². The molecule has 2 nitrogen and oxygen atoms in total. The minimum Gasteiger partial charge on any atom is -0.311 e. The van der Waals surface area contributed by atoms with Crippen molar-refractivity contribution in [3.8, 4) is 0 Å². The van der Waals surface area contributed by atoms with E-state index in [2.05, 4.69) is 44.1 Å². The van der Waals surface area contributed by atoms with E-state index in [1.165, 1.54) is 38.5 Å². The lowest BCUT2D eigenvalue weighted by molar-refractivity contribution is 0.134. The molecule has 0 spiro atoms. The van der Waals surface area contributed by atoms with Crippen molar-refractivity contribution >= 4 is 0 Å². The molecule has 2 heteroatoms. The fourth-order valence-electron chi connectivity index (χ4n) is 3.37. The first-order chi connectivity index (χ1) is 9.91. The van der Waals surface area contributed by atoms with Crippen molar-refractivity contribution in [2.75, 3.05) is 26.2 Å². The molecule has 0 aliphatic heterocycles. The third kappa shape index (κ3) is 7.28. The van der Waals surface area contributed by atoms with E-state index in [0.29, 0.717) is 5.41 Å². The van der Waals surface area contributed by atoms with Gasteiger partial charge in [0.1, 0.15) is 0 Å². The second-order valence-corrected chi connectivity index (χ2v) is 7.79. The van der Waals surface area contributed by atoms with Gasteiger partial charge in [-0.1, -0.05) is 37.8 Å². The Bertz CT molecular complexity index is 296.